The van der Waals surface area contributed by atoms with Crippen LogP contribution in [0.25, 0.3) is 0 Å². The summed E-state index contributed by atoms with van der Waals surface area (Å²) in [7, 11) is 1.57. The van der Waals surface area contributed by atoms with Gasteiger partial charge in [-0.3, -0.25) is 14.5 Å². The third-order valence-electron chi connectivity index (χ3n) is 4.14. The number of carbonyl (C=O) groups excluding carboxylic acids is 2. The summed E-state index contributed by atoms with van der Waals surface area (Å²) < 4.78 is 16.2. The van der Waals surface area contributed by atoms with Crippen LogP contribution < -0.4 is 14.4 Å². The molecule has 0 aromatic heterocycles. The van der Waals surface area contributed by atoms with Gasteiger partial charge < -0.3 is 14.2 Å². The fourth-order valence-corrected chi connectivity index (χ4v) is 2.85. The van der Waals surface area contributed by atoms with Crippen molar-refractivity contribution in [2.45, 2.75) is 20.0 Å². The predicted octanol–water partition coefficient (Wildman–Crippen LogP) is 2.86. The molecule has 1 amide bonds. The van der Waals surface area contributed by atoms with Gasteiger partial charge in [0, 0.05) is 5.56 Å². The molecule has 1 aliphatic rings. The van der Waals surface area contributed by atoms with Crippen molar-refractivity contribution in [3.05, 3.63) is 53.6 Å². The predicted molar refractivity (Wildman–Crippen MR) is 96.4 cm³/mol. The molecular formula is C20H21NO5. The molecule has 3 rings (SSSR count). The zero-order valence-corrected chi connectivity index (χ0v) is 14.9. The van der Waals surface area contributed by atoms with Gasteiger partial charge in [0.05, 0.1) is 25.8 Å². The minimum absolute atomic E-state index is 0.0872. The van der Waals surface area contributed by atoms with Crippen LogP contribution >= 0.6 is 0 Å². The number of benzene rings is 2. The van der Waals surface area contributed by atoms with Crippen LogP contribution in [0.3, 0.4) is 0 Å². The lowest BCUT2D eigenvalue weighted by Gasteiger charge is -2.21. The number of hydrogen-bond donors (Lipinski definition) is 0. The van der Waals surface area contributed by atoms with Crippen LogP contribution in [-0.2, 0) is 20.9 Å². The van der Waals surface area contributed by atoms with Crippen molar-refractivity contribution in [2.75, 3.05) is 25.2 Å². The standard InChI is InChI=1S/C20H21NO5/c1-14-7-8-17(24-2)15(11-14)13-26-20(23)12-21-16-5-3-4-6-18(16)25-10-9-19(21)22/h3-8,11H,9-10,12-13H2,1-2H3. The van der Waals surface area contributed by atoms with E-state index in [0.29, 0.717) is 23.8 Å². The number of para-hydroxylation sites is 2. The zero-order chi connectivity index (χ0) is 18.5. The van der Waals surface area contributed by atoms with Crippen molar-refractivity contribution < 1.29 is 23.8 Å². The largest absolute Gasteiger partial charge is 0.496 e. The quantitative estimate of drug-likeness (QED) is 0.772. The third-order valence-corrected chi connectivity index (χ3v) is 4.14. The van der Waals surface area contributed by atoms with Gasteiger partial charge in [0.15, 0.2) is 0 Å². The number of methoxy groups -OCH3 is 1. The highest BCUT2D eigenvalue weighted by Crippen LogP contribution is 2.31. The van der Waals surface area contributed by atoms with Crippen LogP contribution in [0.5, 0.6) is 11.5 Å². The zero-order valence-electron chi connectivity index (χ0n) is 14.9. The van der Waals surface area contributed by atoms with Crippen LogP contribution in [0, 0.1) is 6.92 Å². The summed E-state index contributed by atoms with van der Waals surface area (Å²) in [6.07, 6.45) is 0.216. The molecule has 0 saturated heterocycles. The number of fused-ring (bicyclic) bond motifs is 1. The fraction of sp³-hybridized carbons (Fsp3) is 0.300. The van der Waals surface area contributed by atoms with Crippen molar-refractivity contribution in [3.63, 3.8) is 0 Å². The molecule has 1 aliphatic heterocycles. The van der Waals surface area contributed by atoms with Crippen molar-refractivity contribution in [1.29, 1.82) is 0 Å². The second kappa shape index (κ2) is 7.91. The molecule has 6 nitrogen and oxygen atoms in total. The van der Waals surface area contributed by atoms with E-state index in [2.05, 4.69) is 0 Å². The Bertz CT molecular complexity index is 818. The van der Waals surface area contributed by atoms with Crippen molar-refractivity contribution in [2.24, 2.45) is 0 Å². The van der Waals surface area contributed by atoms with Gasteiger partial charge in [-0.1, -0.05) is 23.8 Å². The Hall–Kier alpha value is -3.02. The SMILES string of the molecule is COc1ccc(C)cc1COC(=O)CN1C(=O)CCOc2ccccc21. The summed E-state index contributed by atoms with van der Waals surface area (Å²) >= 11 is 0. The number of carbonyl (C=O) groups is 2. The lowest BCUT2D eigenvalue weighted by molar-refractivity contribution is -0.144. The number of esters is 1. The number of anilines is 1. The lowest BCUT2D eigenvalue weighted by atomic mass is 10.1. The van der Waals surface area contributed by atoms with Crippen LogP contribution in [0.2, 0.25) is 0 Å². The maximum atomic E-state index is 12.3. The normalized spacial score (nSPS) is 13.5. The van der Waals surface area contributed by atoms with Crippen molar-refractivity contribution >= 4 is 17.6 Å². The molecule has 2 aromatic carbocycles. The summed E-state index contributed by atoms with van der Waals surface area (Å²) in [5.41, 5.74) is 2.41. The minimum atomic E-state index is -0.487. The van der Waals surface area contributed by atoms with Crippen LogP contribution in [0.15, 0.2) is 42.5 Å². The number of rotatable bonds is 5. The van der Waals surface area contributed by atoms with E-state index in [-0.39, 0.29) is 25.5 Å². The van der Waals surface area contributed by atoms with E-state index < -0.39 is 5.97 Å². The van der Waals surface area contributed by atoms with Gasteiger partial charge in [-0.25, -0.2) is 0 Å². The maximum Gasteiger partial charge on any atom is 0.326 e. The monoisotopic (exact) mass is 355 g/mol. The Labute approximate surface area is 152 Å². The first-order valence-corrected chi connectivity index (χ1v) is 8.40. The summed E-state index contributed by atoms with van der Waals surface area (Å²) in [6, 6.07) is 12.8. The molecule has 0 fully saturated rings. The molecule has 6 heteroatoms. The summed E-state index contributed by atoms with van der Waals surface area (Å²) in [6.45, 7) is 2.18. The molecule has 0 atom stereocenters. The van der Waals surface area contributed by atoms with E-state index >= 15 is 0 Å². The summed E-state index contributed by atoms with van der Waals surface area (Å²) in [5.74, 6) is 0.596. The van der Waals surface area contributed by atoms with Gasteiger partial charge in [-0.2, -0.15) is 0 Å². The van der Waals surface area contributed by atoms with E-state index in [1.54, 1.807) is 25.3 Å². The Morgan fingerprint density at radius 3 is 2.85 bits per heavy atom. The highest BCUT2D eigenvalue weighted by Gasteiger charge is 2.25. The number of ether oxygens (including phenoxy) is 3. The molecule has 26 heavy (non-hydrogen) atoms. The van der Waals surface area contributed by atoms with E-state index in [0.717, 1.165) is 11.1 Å². The number of aryl methyl sites for hydroxylation is 1. The Morgan fingerprint density at radius 2 is 2.04 bits per heavy atom. The van der Waals surface area contributed by atoms with Crippen molar-refractivity contribution in [3.8, 4) is 11.5 Å². The second-order valence-electron chi connectivity index (χ2n) is 6.02. The van der Waals surface area contributed by atoms with Gasteiger partial charge in [-0.05, 0) is 31.2 Å². The molecule has 0 bridgehead atoms. The molecular weight excluding hydrogens is 334 g/mol. The first kappa shape index (κ1) is 17.8. The first-order chi connectivity index (χ1) is 12.6. The fourth-order valence-electron chi connectivity index (χ4n) is 2.85. The molecule has 0 radical (unpaired) electrons. The van der Waals surface area contributed by atoms with Gasteiger partial charge in [0.25, 0.3) is 0 Å². The Kier molecular flexibility index (Phi) is 5.41. The smallest absolute Gasteiger partial charge is 0.326 e. The molecule has 0 saturated carbocycles. The minimum Gasteiger partial charge on any atom is -0.496 e. The molecule has 136 valence electrons. The van der Waals surface area contributed by atoms with Gasteiger partial charge in [-0.15, -0.1) is 0 Å². The molecule has 0 unspecified atom stereocenters. The molecule has 0 aliphatic carbocycles. The van der Waals surface area contributed by atoms with Crippen LogP contribution in [-0.4, -0.2) is 32.1 Å². The first-order valence-electron chi connectivity index (χ1n) is 8.40. The van der Waals surface area contributed by atoms with Crippen LogP contribution in [0.4, 0.5) is 5.69 Å². The number of amides is 1. The lowest BCUT2D eigenvalue weighted by Crippen LogP contribution is -2.36. The van der Waals surface area contributed by atoms with E-state index in [1.807, 2.05) is 31.2 Å². The van der Waals surface area contributed by atoms with E-state index in [4.69, 9.17) is 14.2 Å². The van der Waals surface area contributed by atoms with E-state index in [9.17, 15) is 9.59 Å². The average Bonchev–Trinajstić information content (AvgIpc) is 2.79. The van der Waals surface area contributed by atoms with E-state index in [1.165, 1.54) is 4.90 Å². The third kappa shape index (κ3) is 3.96. The topological polar surface area (TPSA) is 65.1 Å². The molecule has 0 N–H and O–H groups in total. The van der Waals surface area contributed by atoms with Gasteiger partial charge in [0.2, 0.25) is 5.91 Å². The molecule has 1 heterocycles. The number of hydrogen-bond acceptors (Lipinski definition) is 5. The van der Waals surface area contributed by atoms with Gasteiger partial charge in [0.1, 0.15) is 24.7 Å². The van der Waals surface area contributed by atoms with Gasteiger partial charge >= 0.3 is 5.97 Å². The van der Waals surface area contributed by atoms with Crippen molar-refractivity contribution in [1.82, 2.24) is 0 Å². The second-order valence-corrected chi connectivity index (χ2v) is 6.02. The molecule has 0 spiro atoms. The molecule has 2 aromatic rings. The maximum absolute atomic E-state index is 12.3. The summed E-state index contributed by atoms with van der Waals surface area (Å²) in [5, 5.41) is 0. The summed E-state index contributed by atoms with van der Waals surface area (Å²) in [4.78, 5) is 26.1. The Balaban J connectivity index is 1.70. The Morgan fingerprint density at radius 1 is 1.23 bits per heavy atom. The van der Waals surface area contributed by atoms with Crippen LogP contribution in [0.1, 0.15) is 17.5 Å². The highest BCUT2D eigenvalue weighted by molar-refractivity contribution is 5.99. The highest BCUT2D eigenvalue weighted by atomic mass is 16.5. The average molecular weight is 355 g/mol. The number of nitrogens with zero attached hydrogens (tertiary/aromatic N) is 1.